The highest BCUT2D eigenvalue weighted by atomic mass is 14.1. The molecule has 1 unspecified atom stereocenters. The molecule has 0 nitrogen and oxygen atoms in total. The molecule has 1 aliphatic carbocycles. The van der Waals surface area contributed by atoms with Gasteiger partial charge in [0.2, 0.25) is 0 Å². The summed E-state index contributed by atoms with van der Waals surface area (Å²) in [6.07, 6.45) is 17.5. The van der Waals surface area contributed by atoms with Crippen molar-refractivity contribution >= 4 is 0 Å². The van der Waals surface area contributed by atoms with Gasteiger partial charge in [0, 0.05) is 0 Å². The van der Waals surface area contributed by atoms with E-state index in [0.717, 1.165) is 5.92 Å². The third kappa shape index (κ3) is 5.90. The van der Waals surface area contributed by atoms with Crippen molar-refractivity contribution in [1.29, 1.82) is 0 Å². The van der Waals surface area contributed by atoms with Gasteiger partial charge in [0.1, 0.15) is 0 Å². The van der Waals surface area contributed by atoms with E-state index in [1.54, 1.807) is 0 Å². The molecule has 0 radical (unpaired) electrons. The van der Waals surface area contributed by atoms with Crippen LogP contribution in [0.2, 0.25) is 0 Å². The highest BCUT2D eigenvalue weighted by molar-refractivity contribution is 4.81. The Bertz CT molecular complexity index is 135. The molecule has 0 amide bonds. The normalized spacial score (nSPS) is 30.1. The first-order valence-electron chi connectivity index (χ1n) is 6.04. The number of allylic oxidation sites excluding steroid dienone is 2. The molecule has 0 aromatic heterocycles. The highest BCUT2D eigenvalue weighted by Gasteiger charge is 2.01. The standard InChI is InChI=1S/C13H24/c1-13-11-9-7-5-3-2-4-6-8-10-12-13/h3,5,13H,2,4,6-12H2,1H3/b5-3+. The molecular formula is C13H24. The maximum atomic E-state index is 2.41. The van der Waals surface area contributed by atoms with Gasteiger partial charge < -0.3 is 0 Å². The Morgan fingerprint density at radius 2 is 1.38 bits per heavy atom. The van der Waals surface area contributed by atoms with Crippen LogP contribution in [0.1, 0.15) is 64.7 Å². The van der Waals surface area contributed by atoms with E-state index < -0.39 is 0 Å². The summed E-state index contributed by atoms with van der Waals surface area (Å²) in [7, 11) is 0. The van der Waals surface area contributed by atoms with E-state index in [2.05, 4.69) is 19.1 Å². The predicted molar refractivity (Wildman–Crippen MR) is 59.9 cm³/mol. The van der Waals surface area contributed by atoms with E-state index in [1.165, 1.54) is 57.8 Å². The molecule has 0 heteroatoms. The Balaban J connectivity index is 2.20. The second kappa shape index (κ2) is 7.17. The van der Waals surface area contributed by atoms with Crippen LogP contribution in [-0.2, 0) is 0 Å². The molecule has 1 rings (SSSR count). The topological polar surface area (TPSA) is 0 Å². The van der Waals surface area contributed by atoms with Gasteiger partial charge in [-0.15, -0.1) is 0 Å². The molecule has 0 fully saturated rings. The summed E-state index contributed by atoms with van der Waals surface area (Å²) < 4.78 is 0. The van der Waals surface area contributed by atoms with Gasteiger partial charge in [0.25, 0.3) is 0 Å². The molecule has 1 aliphatic rings. The Kier molecular flexibility index (Phi) is 5.97. The number of hydrogen-bond donors (Lipinski definition) is 0. The second-order valence-corrected chi connectivity index (χ2v) is 4.50. The fourth-order valence-electron chi connectivity index (χ4n) is 2.07. The van der Waals surface area contributed by atoms with E-state index in [1.807, 2.05) is 0 Å². The van der Waals surface area contributed by atoms with E-state index >= 15 is 0 Å². The van der Waals surface area contributed by atoms with Gasteiger partial charge in [-0.05, 0) is 31.6 Å². The molecule has 0 aliphatic heterocycles. The molecule has 0 bridgehead atoms. The average molecular weight is 180 g/mol. The van der Waals surface area contributed by atoms with Gasteiger partial charge in [-0.3, -0.25) is 0 Å². The van der Waals surface area contributed by atoms with Crippen LogP contribution in [0.5, 0.6) is 0 Å². The molecule has 1 atom stereocenters. The minimum absolute atomic E-state index is 0.966. The van der Waals surface area contributed by atoms with Crippen LogP contribution in [0.25, 0.3) is 0 Å². The van der Waals surface area contributed by atoms with Gasteiger partial charge in [-0.25, -0.2) is 0 Å². The lowest BCUT2D eigenvalue weighted by atomic mass is 9.96. The molecule has 0 N–H and O–H groups in total. The fraction of sp³-hybridized carbons (Fsp3) is 0.846. The molecule has 76 valence electrons. The van der Waals surface area contributed by atoms with Crippen molar-refractivity contribution in [2.45, 2.75) is 64.7 Å². The summed E-state index contributed by atoms with van der Waals surface area (Å²) in [4.78, 5) is 0. The second-order valence-electron chi connectivity index (χ2n) is 4.50. The summed E-state index contributed by atoms with van der Waals surface area (Å²) in [5.41, 5.74) is 0. The maximum absolute atomic E-state index is 2.41. The van der Waals surface area contributed by atoms with Crippen LogP contribution in [0, 0.1) is 5.92 Å². The molecule has 0 aromatic rings. The zero-order valence-corrected chi connectivity index (χ0v) is 9.10. The minimum atomic E-state index is 0.966. The average Bonchev–Trinajstić information content (AvgIpc) is 2.11. The van der Waals surface area contributed by atoms with E-state index in [4.69, 9.17) is 0 Å². The quantitative estimate of drug-likeness (QED) is 0.474. The van der Waals surface area contributed by atoms with Gasteiger partial charge in [0.05, 0.1) is 0 Å². The van der Waals surface area contributed by atoms with Gasteiger partial charge in [-0.2, -0.15) is 0 Å². The molecule has 0 aromatic carbocycles. The van der Waals surface area contributed by atoms with Crippen molar-refractivity contribution in [2.75, 3.05) is 0 Å². The van der Waals surface area contributed by atoms with Gasteiger partial charge in [0.15, 0.2) is 0 Å². The van der Waals surface area contributed by atoms with Crippen molar-refractivity contribution in [3.63, 3.8) is 0 Å². The van der Waals surface area contributed by atoms with Crippen molar-refractivity contribution in [1.82, 2.24) is 0 Å². The Morgan fingerprint density at radius 1 is 0.769 bits per heavy atom. The van der Waals surface area contributed by atoms with Crippen molar-refractivity contribution < 1.29 is 0 Å². The molecule has 13 heavy (non-hydrogen) atoms. The van der Waals surface area contributed by atoms with Crippen LogP contribution in [0.4, 0.5) is 0 Å². The highest BCUT2D eigenvalue weighted by Crippen LogP contribution is 2.18. The summed E-state index contributed by atoms with van der Waals surface area (Å²) >= 11 is 0. The van der Waals surface area contributed by atoms with E-state index in [0.29, 0.717) is 0 Å². The summed E-state index contributed by atoms with van der Waals surface area (Å²) in [6.45, 7) is 2.41. The lowest BCUT2D eigenvalue weighted by Crippen LogP contribution is -1.95. The minimum Gasteiger partial charge on any atom is -0.0885 e. The lowest BCUT2D eigenvalue weighted by molar-refractivity contribution is 0.445. The van der Waals surface area contributed by atoms with Gasteiger partial charge in [-0.1, -0.05) is 51.2 Å². The third-order valence-electron chi connectivity index (χ3n) is 3.05. The molecule has 0 saturated heterocycles. The lowest BCUT2D eigenvalue weighted by Gasteiger charge is -2.10. The third-order valence-corrected chi connectivity index (χ3v) is 3.05. The molecule has 0 saturated carbocycles. The fourth-order valence-corrected chi connectivity index (χ4v) is 2.07. The largest absolute Gasteiger partial charge is 0.0885 e. The number of rotatable bonds is 0. The Labute approximate surface area is 83.4 Å². The zero-order valence-electron chi connectivity index (χ0n) is 9.10. The summed E-state index contributed by atoms with van der Waals surface area (Å²) in [6, 6.07) is 0. The van der Waals surface area contributed by atoms with Crippen molar-refractivity contribution in [3.8, 4) is 0 Å². The van der Waals surface area contributed by atoms with Crippen LogP contribution >= 0.6 is 0 Å². The first kappa shape index (κ1) is 10.8. The van der Waals surface area contributed by atoms with Crippen LogP contribution in [0.15, 0.2) is 12.2 Å². The number of hydrogen-bond acceptors (Lipinski definition) is 0. The maximum Gasteiger partial charge on any atom is -0.0351 e. The molecule has 0 heterocycles. The molecule has 0 spiro atoms. The predicted octanol–water partition coefficient (Wildman–Crippen LogP) is 4.70. The summed E-state index contributed by atoms with van der Waals surface area (Å²) in [5.74, 6) is 0.966. The van der Waals surface area contributed by atoms with Crippen LogP contribution in [-0.4, -0.2) is 0 Å². The van der Waals surface area contributed by atoms with Crippen LogP contribution < -0.4 is 0 Å². The first-order valence-corrected chi connectivity index (χ1v) is 6.04. The SMILES string of the molecule is CC1CCC/C=C/CCCCCC1. The van der Waals surface area contributed by atoms with Crippen LogP contribution in [0.3, 0.4) is 0 Å². The van der Waals surface area contributed by atoms with E-state index in [9.17, 15) is 0 Å². The first-order chi connectivity index (χ1) is 6.39. The van der Waals surface area contributed by atoms with Crippen molar-refractivity contribution in [3.05, 3.63) is 12.2 Å². The smallest absolute Gasteiger partial charge is 0.0351 e. The Hall–Kier alpha value is -0.260. The zero-order chi connectivity index (χ0) is 9.36. The summed E-state index contributed by atoms with van der Waals surface area (Å²) in [5, 5.41) is 0. The monoisotopic (exact) mass is 180 g/mol. The Morgan fingerprint density at radius 3 is 2.23 bits per heavy atom. The molecular weight excluding hydrogens is 156 g/mol. The van der Waals surface area contributed by atoms with Crippen molar-refractivity contribution in [2.24, 2.45) is 5.92 Å². The van der Waals surface area contributed by atoms with E-state index in [-0.39, 0.29) is 0 Å². The van der Waals surface area contributed by atoms with Gasteiger partial charge >= 0.3 is 0 Å².